The Balaban J connectivity index is 1.71. The van der Waals surface area contributed by atoms with E-state index in [9.17, 15) is 9.59 Å². The van der Waals surface area contributed by atoms with Crippen LogP contribution in [-0.4, -0.2) is 60.7 Å². The fourth-order valence-electron chi connectivity index (χ4n) is 2.89. The van der Waals surface area contributed by atoms with Crippen LogP contribution in [0.1, 0.15) is 33.6 Å². The summed E-state index contributed by atoms with van der Waals surface area (Å²) in [7, 11) is 1.80. The van der Waals surface area contributed by atoms with Crippen LogP contribution >= 0.6 is 0 Å². The van der Waals surface area contributed by atoms with E-state index in [2.05, 4.69) is 0 Å². The fourth-order valence-corrected chi connectivity index (χ4v) is 2.89. The van der Waals surface area contributed by atoms with E-state index < -0.39 is 5.60 Å². The van der Waals surface area contributed by atoms with Gasteiger partial charge in [0.25, 0.3) is 5.91 Å². The highest BCUT2D eigenvalue weighted by Crippen LogP contribution is 2.20. The molecule has 0 atom stereocenters. The Bertz CT molecular complexity index is 590. The molecule has 0 N–H and O–H groups in total. The number of hydrogen-bond donors (Lipinski definition) is 0. The fraction of sp³-hybridized carbons (Fsp3) is 0.600. The van der Waals surface area contributed by atoms with Crippen LogP contribution in [0.5, 0.6) is 5.75 Å². The van der Waals surface area contributed by atoms with Crippen LogP contribution < -0.4 is 4.74 Å². The van der Waals surface area contributed by atoms with Crippen molar-refractivity contribution in [1.82, 2.24) is 9.80 Å². The molecule has 1 fully saturated rings. The number of carbonyl (C=O) groups excluding carboxylic acids is 2. The normalized spacial score (nSPS) is 15.5. The van der Waals surface area contributed by atoms with E-state index in [1.54, 1.807) is 16.8 Å². The van der Waals surface area contributed by atoms with Gasteiger partial charge in [-0.05, 0) is 51.7 Å². The maximum atomic E-state index is 12.2. The molecule has 6 nitrogen and oxygen atoms in total. The van der Waals surface area contributed by atoms with Gasteiger partial charge in [-0.1, -0.05) is 18.2 Å². The monoisotopic (exact) mass is 362 g/mol. The summed E-state index contributed by atoms with van der Waals surface area (Å²) in [6, 6.07) is 9.33. The largest absolute Gasteiger partial charge is 0.484 e. The Kier molecular flexibility index (Phi) is 6.89. The second kappa shape index (κ2) is 8.92. The van der Waals surface area contributed by atoms with Crippen molar-refractivity contribution in [3.05, 3.63) is 30.3 Å². The second-order valence-electron chi connectivity index (χ2n) is 7.79. The van der Waals surface area contributed by atoms with Crippen molar-refractivity contribution in [2.75, 3.05) is 33.3 Å². The molecule has 0 bridgehead atoms. The molecular formula is C20H30N2O4. The van der Waals surface area contributed by atoms with Gasteiger partial charge < -0.3 is 19.3 Å². The highest BCUT2D eigenvalue weighted by molar-refractivity contribution is 5.77. The van der Waals surface area contributed by atoms with Crippen molar-refractivity contribution >= 4 is 12.0 Å². The molecule has 1 saturated heterocycles. The number of ether oxygens (including phenoxy) is 2. The number of nitrogens with zero attached hydrogens (tertiary/aromatic N) is 2. The average molecular weight is 362 g/mol. The Morgan fingerprint density at radius 2 is 1.77 bits per heavy atom. The van der Waals surface area contributed by atoms with E-state index >= 15 is 0 Å². The smallest absolute Gasteiger partial charge is 0.410 e. The predicted molar refractivity (Wildman–Crippen MR) is 100 cm³/mol. The Morgan fingerprint density at radius 1 is 1.15 bits per heavy atom. The van der Waals surface area contributed by atoms with Gasteiger partial charge in [0.05, 0.1) is 0 Å². The van der Waals surface area contributed by atoms with E-state index in [0.29, 0.717) is 31.3 Å². The third-order valence-corrected chi connectivity index (χ3v) is 4.33. The molecule has 0 aliphatic carbocycles. The number of benzene rings is 1. The lowest BCUT2D eigenvalue weighted by atomic mass is 9.96. The molecule has 2 amide bonds. The highest BCUT2D eigenvalue weighted by atomic mass is 16.6. The molecule has 26 heavy (non-hydrogen) atoms. The summed E-state index contributed by atoms with van der Waals surface area (Å²) in [6.45, 7) is 7.67. The molecule has 1 aromatic carbocycles. The van der Waals surface area contributed by atoms with E-state index in [0.717, 1.165) is 12.8 Å². The van der Waals surface area contributed by atoms with E-state index in [1.165, 1.54) is 0 Å². The first-order chi connectivity index (χ1) is 12.2. The van der Waals surface area contributed by atoms with E-state index in [-0.39, 0.29) is 18.6 Å². The minimum atomic E-state index is -0.473. The number of hydrogen-bond acceptors (Lipinski definition) is 4. The molecule has 1 aliphatic heterocycles. The van der Waals surface area contributed by atoms with Crippen LogP contribution in [0.2, 0.25) is 0 Å². The quantitative estimate of drug-likeness (QED) is 0.807. The number of piperidine rings is 1. The molecule has 0 unspecified atom stereocenters. The lowest BCUT2D eigenvalue weighted by Crippen LogP contribution is -2.44. The molecule has 1 aromatic rings. The maximum Gasteiger partial charge on any atom is 0.410 e. The maximum absolute atomic E-state index is 12.2. The standard InChI is InChI=1S/C20H30N2O4/c1-20(2,3)26-19(24)22-12-10-16(11-13-22)14-21(4)18(23)15-25-17-8-6-5-7-9-17/h5-9,16H,10-15H2,1-4H3. The van der Waals surface area contributed by atoms with Crippen LogP contribution in [-0.2, 0) is 9.53 Å². The summed E-state index contributed by atoms with van der Waals surface area (Å²) in [6.07, 6.45) is 1.49. The van der Waals surface area contributed by atoms with Crippen molar-refractivity contribution in [1.29, 1.82) is 0 Å². The number of rotatable bonds is 5. The first-order valence-electron chi connectivity index (χ1n) is 9.14. The number of carbonyl (C=O) groups is 2. The number of para-hydroxylation sites is 1. The van der Waals surface area contributed by atoms with Crippen molar-refractivity contribution in [3.8, 4) is 5.75 Å². The molecule has 0 spiro atoms. The Hall–Kier alpha value is -2.24. The van der Waals surface area contributed by atoms with Gasteiger partial charge in [-0.25, -0.2) is 4.79 Å². The van der Waals surface area contributed by atoms with Gasteiger partial charge in [0, 0.05) is 26.7 Å². The summed E-state index contributed by atoms with van der Waals surface area (Å²) in [5, 5.41) is 0. The molecule has 2 rings (SSSR count). The minimum absolute atomic E-state index is 0.0385. The molecule has 0 aromatic heterocycles. The minimum Gasteiger partial charge on any atom is -0.484 e. The van der Waals surface area contributed by atoms with Crippen molar-refractivity contribution in [3.63, 3.8) is 0 Å². The van der Waals surface area contributed by atoms with Gasteiger partial charge in [-0.3, -0.25) is 4.79 Å². The molecular weight excluding hydrogens is 332 g/mol. The zero-order chi connectivity index (χ0) is 19.2. The zero-order valence-electron chi connectivity index (χ0n) is 16.2. The summed E-state index contributed by atoms with van der Waals surface area (Å²) < 4.78 is 10.9. The van der Waals surface area contributed by atoms with Crippen molar-refractivity contribution in [2.45, 2.75) is 39.2 Å². The molecule has 1 heterocycles. The zero-order valence-corrected chi connectivity index (χ0v) is 16.2. The summed E-state index contributed by atoms with van der Waals surface area (Å²) in [4.78, 5) is 27.8. The van der Waals surface area contributed by atoms with Gasteiger partial charge >= 0.3 is 6.09 Å². The highest BCUT2D eigenvalue weighted by Gasteiger charge is 2.27. The van der Waals surface area contributed by atoms with Crippen LogP contribution in [0.25, 0.3) is 0 Å². The van der Waals surface area contributed by atoms with Crippen molar-refractivity contribution < 1.29 is 19.1 Å². The SMILES string of the molecule is CN(CC1CCN(C(=O)OC(C)(C)C)CC1)C(=O)COc1ccccc1. The Morgan fingerprint density at radius 3 is 2.35 bits per heavy atom. The van der Waals surface area contributed by atoms with Gasteiger partial charge in [-0.15, -0.1) is 0 Å². The molecule has 1 aliphatic rings. The van der Waals surface area contributed by atoms with Crippen LogP contribution in [0.4, 0.5) is 4.79 Å². The van der Waals surface area contributed by atoms with Crippen LogP contribution in [0, 0.1) is 5.92 Å². The summed E-state index contributed by atoms with van der Waals surface area (Å²) >= 11 is 0. The topological polar surface area (TPSA) is 59.1 Å². The second-order valence-corrected chi connectivity index (χ2v) is 7.79. The molecule has 6 heteroatoms. The van der Waals surface area contributed by atoms with Gasteiger partial charge in [0.1, 0.15) is 11.4 Å². The third-order valence-electron chi connectivity index (χ3n) is 4.33. The first kappa shape index (κ1) is 20.1. The number of amides is 2. The van der Waals surface area contributed by atoms with Crippen LogP contribution in [0.3, 0.4) is 0 Å². The van der Waals surface area contributed by atoms with E-state index in [4.69, 9.17) is 9.47 Å². The lowest BCUT2D eigenvalue weighted by molar-refractivity contribution is -0.132. The molecule has 144 valence electrons. The van der Waals surface area contributed by atoms with Crippen LogP contribution in [0.15, 0.2) is 30.3 Å². The lowest BCUT2D eigenvalue weighted by Gasteiger charge is -2.34. The summed E-state index contributed by atoms with van der Waals surface area (Å²) in [5.74, 6) is 1.04. The van der Waals surface area contributed by atoms with Crippen molar-refractivity contribution in [2.24, 2.45) is 5.92 Å². The first-order valence-corrected chi connectivity index (χ1v) is 9.14. The average Bonchev–Trinajstić information content (AvgIpc) is 2.59. The molecule has 0 radical (unpaired) electrons. The number of likely N-dealkylation sites (tertiary alicyclic amines) is 1. The summed E-state index contributed by atoms with van der Waals surface area (Å²) in [5.41, 5.74) is -0.473. The van der Waals surface area contributed by atoms with Gasteiger partial charge in [0.15, 0.2) is 6.61 Å². The predicted octanol–water partition coefficient (Wildman–Crippen LogP) is 3.17. The van der Waals surface area contributed by atoms with Gasteiger partial charge in [-0.2, -0.15) is 0 Å². The molecule has 0 saturated carbocycles. The number of likely N-dealkylation sites (N-methyl/N-ethyl adjacent to an activating group) is 1. The Labute approximate surface area is 156 Å². The third kappa shape index (κ3) is 6.58. The van der Waals surface area contributed by atoms with Gasteiger partial charge in [0.2, 0.25) is 0 Å². The van der Waals surface area contributed by atoms with E-state index in [1.807, 2.05) is 51.1 Å².